The zero-order valence-electron chi connectivity index (χ0n) is 12.1. The van der Waals surface area contributed by atoms with Crippen LogP contribution < -0.4 is 5.32 Å². The van der Waals surface area contributed by atoms with Gasteiger partial charge in [-0.25, -0.2) is 0 Å². The predicted molar refractivity (Wildman–Crippen MR) is 93.6 cm³/mol. The molecule has 0 aliphatic rings. The van der Waals surface area contributed by atoms with Gasteiger partial charge in [-0.1, -0.05) is 6.07 Å². The highest BCUT2D eigenvalue weighted by atomic mass is 127. The van der Waals surface area contributed by atoms with E-state index in [9.17, 15) is 4.79 Å². The Morgan fingerprint density at radius 3 is 2.87 bits per heavy atom. The van der Waals surface area contributed by atoms with E-state index in [1.165, 1.54) is 12.5 Å². The lowest BCUT2D eigenvalue weighted by Gasteiger charge is -2.07. The van der Waals surface area contributed by atoms with Crippen molar-refractivity contribution in [3.63, 3.8) is 0 Å². The Balaban J connectivity index is 1.75. The van der Waals surface area contributed by atoms with Gasteiger partial charge in [-0.05, 0) is 65.4 Å². The predicted octanol–water partition coefficient (Wildman–Crippen LogP) is 3.89. The molecule has 0 radical (unpaired) electrons. The molecule has 0 saturated heterocycles. The number of benzene rings is 1. The molecule has 3 aromatic rings. The fourth-order valence-electron chi connectivity index (χ4n) is 1.94. The first-order valence-electron chi connectivity index (χ1n) is 6.73. The molecule has 116 valence electrons. The van der Waals surface area contributed by atoms with Crippen LogP contribution >= 0.6 is 22.6 Å². The van der Waals surface area contributed by atoms with Crippen LogP contribution in [-0.2, 0) is 4.79 Å². The van der Waals surface area contributed by atoms with Gasteiger partial charge in [-0.15, -0.1) is 10.2 Å². The third-order valence-electron chi connectivity index (χ3n) is 3.10. The van der Waals surface area contributed by atoms with E-state index in [4.69, 9.17) is 8.83 Å². The lowest BCUT2D eigenvalue weighted by molar-refractivity contribution is -0.111. The topological polar surface area (TPSA) is 81.2 Å². The normalized spacial score (nSPS) is 11.0. The van der Waals surface area contributed by atoms with Crippen molar-refractivity contribution in [3.05, 3.63) is 57.9 Å². The van der Waals surface area contributed by atoms with Crippen molar-refractivity contribution in [2.24, 2.45) is 0 Å². The summed E-state index contributed by atoms with van der Waals surface area (Å²) in [6.07, 6.45) is 4.31. The number of nitrogens with zero attached hydrogens (tertiary/aromatic N) is 2. The second-order valence-corrected chi connectivity index (χ2v) is 5.80. The van der Waals surface area contributed by atoms with Crippen molar-refractivity contribution in [2.45, 2.75) is 6.92 Å². The highest BCUT2D eigenvalue weighted by Crippen LogP contribution is 2.24. The summed E-state index contributed by atoms with van der Waals surface area (Å²) in [7, 11) is 0. The van der Waals surface area contributed by atoms with Gasteiger partial charge in [0.2, 0.25) is 18.2 Å². The number of hydrogen-bond donors (Lipinski definition) is 1. The number of rotatable bonds is 4. The molecule has 1 aromatic carbocycles. The zero-order valence-corrected chi connectivity index (χ0v) is 14.3. The van der Waals surface area contributed by atoms with E-state index in [1.807, 2.05) is 25.1 Å². The number of aromatic nitrogens is 2. The van der Waals surface area contributed by atoms with Crippen LogP contribution in [-0.4, -0.2) is 16.1 Å². The van der Waals surface area contributed by atoms with Crippen LogP contribution in [0.25, 0.3) is 17.5 Å². The summed E-state index contributed by atoms with van der Waals surface area (Å²) in [6.45, 7) is 1.91. The van der Waals surface area contributed by atoms with E-state index in [2.05, 4.69) is 38.1 Å². The summed E-state index contributed by atoms with van der Waals surface area (Å²) in [5.74, 6) is 0.782. The highest BCUT2D eigenvalue weighted by molar-refractivity contribution is 14.1. The van der Waals surface area contributed by atoms with Gasteiger partial charge in [-0.2, -0.15) is 0 Å². The summed E-state index contributed by atoms with van der Waals surface area (Å²) < 4.78 is 11.3. The maximum absolute atomic E-state index is 12.0. The number of carbonyl (C=O) groups is 1. The van der Waals surface area contributed by atoms with Gasteiger partial charge in [0.25, 0.3) is 0 Å². The van der Waals surface area contributed by atoms with Gasteiger partial charge in [0.1, 0.15) is 5.76 Å². The molecule has 0 atom stereocenters. The molecule has 1 amide bonds. The molecule has 2 heterocycles. The van der Waals surface area contributed by atoms with Crippen LogP contribution in [0, 0.1) is 10.7 Å². The number of nitrogens with one attached hydrogen (secondary N) is 1. The summed E-state index contributed by atoms with van der Waals surface area (Å²) in [6, 6.07) is 9.17. The van der Waals surface area contributed by atoms with E-state index in [0.717, 1.165) is 14.9 Å². The molecule has 0 unspecified atom stereocenters. The molecule has 7 heteroatoms. The minimum atomic E-state index is -0.248. The smallest absolute Gasteiger partial charge is 0.248 e. The minimum absolute atomic E-state index is 0.248. The largest absolute Gasteiger partial charge is 0.451 e. The monoisotopic (exact) mass is 421 g/mol. The average Bonchev–Trinajstić information content (AvgIpc) is 3.19. The van der Waals surface area contributed by atoms with Gasteiger partial charge in [0.15, 0.2) is 3.77 Å². The Hall–Kier alpha value is -2.42. The molecule has 3 rings (SSSR count). The quantitative estimate of drug-likeness (QED) is 0.511. The van der Waals surface area contributed by atoms with E-state index < -0.39 is 0 Å². The summed E-state index contributed by atoms with van der Waals surface area (Å²) in [5, 5.41) is 10.3. The van der Waals surface area contributed by atoms with Crippen LogP contribution in [0.2, 0.25) is 0 Å². The van der Waals surface area contributed by atoms with Crippen LogP contribution in [0.1, 0.15) is 11.3 Å². The maximum atomic E-state index is 12.0. The molecule has 0 fully saturated rings. The first-order chi connectivity index (χ1) is 11.1. The van der Waals surface area contributed by atoms with Crippen molar-refractivity contribution in [1.29, 1.82) is 0 Å². The molecule has 23 heavy (non-hydrogen) atoms. The lowest BCUT2D eigenvalue weighted by Crippen LogP contribution is -2.09. The van der Waals surface area contributed by atoms with Crippen LogP contribution in [0.5, 0.6) is 0 Å². The Kier molecular flexibility index (Phi) is 4.56. The summed E-state index contributed by atoms with van der Waals surface area (Å²) in [4.78, 5) is 12.0. The molecular weight excluding hydrogens is 409 g/mol. The van der Waals surface area contributed by atoms with Gasteiger partial charge in [0, 0.05) is 17.3 Å². The number of halogens is 1. The molecular formula is C16H12IN3O3. The molecule has 0 spiro atoms. The zero-order chi connectivity index (χ0) is 16.2. The van der Waals surface area contributed by atoms with Crippen molar-refractivity contribution >= 4 is 40.3 Å². The molecule has 0 aliphatic heterocycles. The molecule has 1 N–H and O–H groups in total. The highest BCUT2D eigenvalue weighted by Gasteiger charge is 2.08. The van der Waals surface area contributed by atoms with Gasteiger partial charge in [-0.3, -0.25) is 4.79 Å². The van der Waals surface area contributed by atoms with Crippen molar-refractivity contribution in [2.75, 3.05) is 5.32 Å². The number of anilines is 1. The first kappa shape index (κ1) is 15.5. The van der Waals surface area contributed by atoms with E-state index in [-0.39, 0.29) is 5.91 Å². The number of carbonyl (C=O) groups excluding carboxylic acids is 1. The van der Waals surface area contributed by atoms with Crippen molar-refractivity contribution < 1.29 is 13.6 Å². The summed E-state index contributed by atoms with van der Waals surface area (Å²) >= 11 is 2.07. The fourth-order valence-corrected chi connectivity index (χ4v) is 2.37. The van der Waals surface area contributed by atoms with Gasteiger partial charge in [0.05, 0.1) is 0 Å². The Morgan fingerprint density at radius 2 is 2.17 bits per heavy atom. The SMILES string of the molecule is Cc1ccc(-c2nnco2)cc1NC(=O)C=Cc1ccc(I)o1. The number of furan rings is 1. The first-order valence-corrected chi connectivity index (χ1v) is 7.81. The number of aryl methyl sites for hydroxylation is 1. The second kappa shape index (κ2) is 6.78. The third-order valence-corrected chi connectivity index (χ3v) is 3.68. The van der Waals surface area contributed by atoms with Crippen LogP contribution in [0.3, 0.4) is 0 Å². The third kappa shape index (κ3) is 3.86. The Bertz CT molecular complexity index is 853. The molecule has 2 aromatic heterocycles. The fraction of sp³-hybridized carbons (Fsp3) is 0.0625. The Morgan fingerprint density at radius 1 is 1.30 bits per heavy atom. The van der Waals surface area contributed by atoms with E-state index in [0.29, 0.717) is 17.3 Å². The van der Waals surface area contributed by atoms with Gasteiger partial charge < -0.3 is 14.2 Å². The molecule has 0 aliphatic carbocycles. The summed E-state index contributed by atoms with van der Waals surface area (Å²) in [5.41, 5.74) is 2.36. The van der Waals surface area contributed by atoms with Crippen LogP contribution in [0.4, 0.5) is 5.69 Å². The van der Waals surface area contributed by atoms with Crippen LogP contribution in [0.15, 0.2) is 51.6 Å². The molecule has 0 saturated carbocycles. The lowest BCUT2D eigenvalue weighted by atomic mass is 10.1. The van der Waals surface area contributed by atoms with E-state index in [1.54, 1.807) is 18.2 Å². The second-order valence-electron chi connectivity index (χ2n) is 4.74. The minimum Gasteiger partial charge on any atom is -0.451 e. The number of amides is 1. The van der Waals surface area contributed by atoms with Crippen molar-refractivity contribution in [1.82, 2.24) is 10.2 Å². The standard InChI is InChI=1S/C16H12IN3O3/c1-10-2-3-11(16-20-18-9-22-16)8-13(10)19-15(21)7-5-12-4-6-14(17)23-12/h2-9H,1H3,(H,19,21). The van der Waals surface area contributed by atoms with E-state index >= 15 is 0 Å². The van der Waals surface area contributed by atoms with Gasteiger partial charge >= 0.3 is 0 Å². The molecule has 6 nitrogen and oxygen atoms in total. The van der Waals surface area contributed by atoms with Crippen molar-refractivity contribution in [3.8, 4) is 11.5 Å². The Labute approximate surface area is 145 Å². The number of hydrogen-bond acceptors (Lipinski definition) is 5. The average molecular weight is 421 g/mol. The maximum Gasteiger partial charge on any atom is 0.248 e. The molecule has 0 bridgehead atoms.